The molecule has 2 amide bonds. The lowest BCUT2D eigenvalue weighted by Crippen LogP contribution is -2.36. The highest BCUT2D eigenvalue weighted by atomic mass is 32.1. The predicted octanol–water partition coefficient (Wildman–Crippen LogP) is 3.15. The van der Waals surface area contributed by atoms with Crippen LogP contribution in [0.2, 0.25) is 0 Å². The second-order valence-electron chi connectivity index (χ2n) is 7.04. The number of likely N-dealkylation sites (tertiary alicyclic amines) is 1. The molecule has 28 heavy (non-hydrogen) atoms. The van der Waals surface area contributed by atoms with E-state index in [1.807, 2.05) is 0 Å². The van der Waals surface area contributed by atoms with Gasteiger partial charge in [-0.05, 0) is 31.2 Å². The molecule has 1 aromatic rings. The van der Waals surface area contributed by atoms with Crippen LogP contribution in [0.15, 0.2) is 0 Å². The smallest absolute Gasteiger partial charge is 0.406 e. The van der Waals surface area contributed by atoms with E-state index in [1.165, 1.54) is 18.4 Å². The number of thiophene rings is 1. The van der Waals surface area contributed by atoms with Gasteiger partial charge < -0.3 is 15.0 Å². The topological polar surface area (TPSA) is 75.7 Å². The number of hydrogen-bond acceptors (Lipinski definition) is 5. The second kappa shape index (κ2) is 8.10. The Balaban J connectivity index is 1.77. The summed E-state index contributed by atoms with van der Waals surface area (Å²) in [5, 5.41) is 3.02. The standard InChI is InChI=1S/C18H21F3N2O4S/c1-27-17(26)14-11-5-3-2-4-6-12(11)28-16(14)22-15(25)10-7-13(24)23(8-10)9-18(19,20)21/h10H,2-9H2,1H3,(H,22,25). The van der Waals surface area contributed by atoms with Gasteiger partial charge in [-0.2, -0.15) is 13.2 Å². The van der Waals surface area contributed by atoms with Crippen LogP contribution in [0.25, 0.3) is 0 Å². The monoisotopic (exact) mass is 418 g/mol. The van der Waals surface area contributed by atoms with Crippen LogP contribution in [0.4, 0.5) is 18.2 Å². The van der Waals surface area contributed by atoms with Crippen molar-refractivity contribution in [3.63, 3.8) is 0 Å². The van der Waals surface area contributed by atoms with Gasteiger partial charge in [0.1, 0.15) is 11.5 Å². The Morgan fingerprint density at radius 3 is 2.64 bits per heavy atom. The molecule has 154 valence electrons. The number of carbonyl (C=O) groups excluding carboxylic acids is 3. The molecule has 0 bridgehead atoms. The van der Waals surface area contributed by atoms with Gasteiger partial charge in [-0.3, -0.25) is 9.59 Å². The summed E-state index contributed by atoms with van der Waals surface area (Å²) >= 11 is 1.31. The molecule has 10 heteroatoms. The number of nitrogens with zero attached hydrogens (tertiary/aromatic N) is 1. The lowest BCUT2D eigenvalue weighted by atomic mass is 10.0. The number of aryl methyl sites for hydroxylation is 1. The summed E-state index contributed by atoms with van der Waals surface area (Å²) in [6, 6.07) is 0. The van der Waals surface area contributed by atoms with Gasteiger partial charge in [0.25, 0.3) is 0 Å². The lowest BCUT2D eigenvalue weighted by Gasteiger charge is -2.18. The van der Waals surface area contributed by atoms with Crippen LogP contribution in [0.1, 0.15) is 46.5 Å². The molecule has 1 aliphatic carbocycles. The molecular weight excluding hydrogens is 397 g/mol. The van der Waals surface area contributed by atoms with E-state index >= 15 is 0 Å². The number of carbonyl (C=O) groups is 3. The zero-order chi connectivity index (χ0) is 20.5. The number of nitrogens with one attached hydrogen (secondary N) is 1. The number of fused-ring (bicyclic) bond motifs is 1. The molecule has 6 nitrogen and oxygen atoms in total. The third-order valence-corrected chi connectivity index (χ3v) is 6.21. The number of esters is 1. The number of hydrogen-bond donors (Lipinski definition) is 1. The van der Waals surface area contributed by atoms with Gasteiger partial charge in [0, 0.05) is 17.8 Å². The van der Waals surface area contributed by atoms with Gasteiger partial charge in [-0.15, -0.1) is 11.3 Å². The average molecular weight is 418 g/mol. The van der Waals surface area contributed by atoms with E-state index in [2.05, 4.69) is 5.32 Å². The molecule has 2 aliphatic rings. The Kier molecular flexibility index (Phi) is 5.97. The largest absolute Gasteiger partial charge is 0.465 e. The van der Waals surface area contributed by atoms with Crippen LogP contribution in [-0.4, -0.2) is 49.1 Å². The van der Waals surface area contributed by atoms with Crippen molar-refractivity contribution in [2.75, 3.05) is 25.5 Å². The minimum absolute atomic E-state index is 0.277. The number of anilines is 1. The Morgan fingerprint density at radius 1 is 1.25 bits per heavy atom. The Labute approximate surface area is 164 Å². The molecule has 1 saturated heterocycles. The predicted molar refractivity (Wildman–Crippen MR) is 96.3 cm³/mol. The average Bonchev–Trinajstić information content (AvgIpc) is 3.04. The van der Waals surface area contributed by atoms with Crippen molar-refractivity contribution in [2.24, 2.45) is 5.92 Å². The van der Waals surface area contributed by atoms with Crippen LogP contribution in [0.3, 0.4) is 0 Å². The fraction of sp³-hybridized carbons (Fsp3) is 0.611. The number of ether oxygens (including phenoxy) is 1. The molecule has 1 atom stereocenters. The highest BCUT2D eigenvalue weighted by molar-refractivity contribution is 7.17. The molecular formula is C18H21F3N2O4S. The zero-order valence-corrected chi connectivity index (χ0v) is 16.2. The normalized spacial score (nSPS) is 19.9. The first kappa shape index (κ1) is 20.6. The van der Waals surface area contributed by atoms with Crippen molar-refractivity contribution in [3.05, 3.63) is 16.0 Å². The lowest BCUT2D eigenvalue weighted by molar-refractivity contribution is -0.157. The van der Waals surface area contributed by atoms with Gasteiger partial charge >= 0.3 is 12.1 Å². The SMILES string of the molecule is COC(=O)c1c(NC(=O)C2CC(=O)N(CC(F)(F)F)C2)sc2c1CCCCC2. The first-order valence-corrected chi connectivity index (χ1v) is 9.89. The molecule has 0 saturated carbocycles. The summed E-state index contributed by atoms with van der Waals surface area (Å²) in [7, 11) is 1.26. The maximum Gasteiger partial charge on any atom is 0.406 e. The number of methoxy groups -OCH3 is 1. The third kappa shape index (κ3) is 4.48. The summed E-state index contributed by atoms with van der Waals surface area (Å²) in [6.45, 7) is -1.65. The molecule has 1 fully saturated rings. The van der Waals surface area contributed by atoms with E-state index < -0.39 is 36.4 Å². The minimum Gasteiger partial charge on any atom is -0.465 e. The molecule has 2 heterocycles. The molecule has 1 aliphatic heterocycles. The fourth-order valence-electron chi connectivity index (χ4n) is 3.68. The molecule has 1 unspecified atom stereocenters. The number of halogens is 3. The van der Waals surface area contributed by atoms with Crippen LogP contribution >= 0.6 is 11.3 Å². The highest BCUT2D eigenvalue weighted by Crippen LogP contribution is 2.38. The van der Waals surface area contributed by atoms with Crippen LogP contribution in [-0.2, 0) is 27.2 Å². The summed E-state index contributed by atoms with van der Waals surface area (Å²) in [5.74, 6) is -2.69. The van der Waals surface area contributed by atoms with Crippen LogP contribution in [0, 0.1) is 5.92 Å². The first-order valence-electron chi connectivity index (χ1n) is 9.08. The summed E-state index contributed by atoms with van der Waals surface area (Å²) in [4.78, 5) is 38.4. The fourth-order valence-corrected chi connectivity index (χ4v) is 4.96. The maximum atomic E-state index is 12.6. The quantitative estimate of drug-likeness (QED) is 0.602. The van der Waals surface area contributed by atoms with E-state index in [9.17, 15) is 27.6 Å². The Bertz CT molecular complexity index is 791. The number of amides is 2. The van der Waals surface area contributed by atoms with E-state index in [-0.39, 0.29) is 13.0 Å². The summed E-state index contributed by atoms with van der Waals surface area (Å²) < 4.78 is 42.5. The maximum absolute atomic E-state index is 12.6. The summed E-state index contributed by atoms with van der Waals surface area (Å²) in [5.41, 5.74) is 1.21. The van der Waals surface area contributed by atoms with Crippen molar-refractivity contribution in [1.29, 1.82) is 0 Å². The first-order chi connectivity index (χ1) is 13.2. The van der Waals surface area contributed by atoms with Crippen molar-refractivity contribution in [1.82, 2.24) is 4.90 Å². The molecule has 1 N–H and O–H groups in total. The van der Waals surface area contributed by atoms with Gasteiger partial charge in [0.15, 0.2) is 0 Å². The van der Waals surface area contributed by atoms with E-state index in [4.69, 9.17) is 4.74 Å². The van der Waals surface area contributed by atoms with E-state index in [1.54, 1.807) is 0 Å². The second-order valence-corrected chi connectivity index (χ2v) is 8.15. The van der Waals surface area contributed by atoms with Crippen LogP contribution in [0.5, 0.6) is 0 Å². The Hall–Kier alpha value is -2.10. The van der Waals surface area contributed by atoms with Gasteiger partial charge in [0.05, 0.1) is 18.6 Å². The van der Waals surface area contributed by atoms with Crippen molar-refractivity contribution >= 4 is 34.1 Å². The molecule has 1 aromatic heterocycles. The third-order valence-electron chi connectivity index (χ3n) is 5.00. The highest BCUT2D eigenvalue weighted by Gasteiger charge is 2.41. The van der Waals surface area contributed by atoms with Gasteiger partial charge in [-0.1, -0.05) is 6.42 Å². The Morgan fingerprint density at radius 2 is 1.96 bits per heavy atom. The van der Waals surface area contributed by atoms with Gasteiger partial charge in [-0.25, -0.2) is 4.79 Å². The molecule has 0 spiro atoms. The number of alkyl halides is 3. The van der Waals surface area contributed by atoms with Crippen molar-refractivity contribution in [2.45, 2.75) is 44.7 Å². The summed E-state index contributed by atoms with van der Waals surface area (Å²) in [6.07, 6.45) is -0.280. The number of rotatable bonds is 4. The molecule has 0 aromatic carbocycles. The van der Waals surface area contributed by atoms with Crippen molar-refractivity contribution < 1.29 is 32.3 Å². The van der Waals surface area contributed by atoms with E-state index in [0.717, 1.165) is 36.1 Å². The minimum atomic E-state index is -4.51. The van der Waals surface area contributed by atoms with Gasteiger partial charge in [0.2, 0.25) is 11.8 Å². The van der Waals surface area contributed by atoms with E-state index in [0.29, 0.717) is 21.9 Å². The molecule has 3 rings (SSSR count). The molecule has 0 radical (unpaired) electrons. The van der Waals surface area contributed by atoms with Crippen molar-refractivity contribution in [3.8, 4) is 0 Å². The zero-order valence-electron chi connectivity index (χ0n) is 15.4. The van der Waals surface area contributed by atoms with Crippen LogP contribution < -0.4 is 5.32 Å².